The molecule has 0 aliphatic carbocycles. The summed E-state index contributed by atoms with van der Waals surface area (Å²) in [7, 11) is 0. The maximum atomic E-state index is 11.2. The van der Waals surface area contributed by atoms with Crippen LogP contribution in [0.5, 0.6) is 5.75 Å². The van der Waals surface area contributed by atoms with Gasteiger partial charge in [-0.05, 0) is 48.4 Å². The zero-order valence-corrected chi connectivity index (χ0v) is 15.7. The number of hydrogen-bond donors (Lipinski definition) is 2. The van der Waals surface area contributed by atoms with Crippen molar-refractivity contribution in [1.29, 1.82) is 0 Å². The van der Waals surface area contributed by atoms with Gasteiger partial charge < -0.3 is 15.2 Å². The maximum absolute atomic E-state index is 11.2. The largest absolute Gasteiger partial charge is 0.489 e. The van der Waals surface area contributed by atoms with Gasteiger partial charge in [0.25, 0.3) is 0 Å². The summed E-state index contributed by atoms with van der Waals surface area (Å²) in [5, 5.41) is 13.2. The highest BCUT2D eigenvalue weighted by atomic mass is 35.5. The zero-order chi connectivity index (χ0) is 19.2. The molecule has 0 saturated carbocycles. The Balaban J connectivity index is 1.70. The third-order valence-electron chi connectivity index (χ3n) is 4.23. The Morgan fingerprint density at radius 1 is 1.07 bits per heavy atom. The first-order chi connectivity index (χ1) is 13.0. The van der Waals surface area contributed by atoms with Gasteiger partial charge in [-0.3, -0.25) is 0 Å². The second kappa shape index (κ2) is 8.60. The Hall–Kier alpha value is -2.98. The van der Waals surface area contributed by atoms with Crippen LogP contribution in [0.3, 0.4) is 0 Å². The van der Waals surface area contributed by atoms with E-state index in [4.69, 9.17) is 21.4 Å². The first-order valence-corrected chi connectivity index (χ1v) is 8.93. The molecule has 0 unspecified atom stereocenters. The molecule has 0 aliphatic rings. The van der Waals surface area contributed by atoms with Crippen molar-refractivity contribution in [2.45, 2.75) is 20.1 Å². The van der Waals surface area contributed by atoms with Gasteiger partial charge in [0.05, 0.1) is 5.56 Å². The van der Waals surface area contributed by atoms with Crippen LogP contribution < -0.4 is 10.1 Å². The summed E-state index contributed by atoms with van der Waals surface area (Å²) in [5.41, 5.74) is 4.07. The number of carboxylic acid groups (broad SMARTS) is 1. The van der Waals surface area contributed by atoms with Crippen LogP contribution in [-0.4, -0.2) is 11.1 Å². The molecular weight excluding hydrogens is 362 g/mol. The van der Waals surface area contributed by atoms with E-state index in [1.54, 1.807) is 18.2 Å². The minimum absolute atomic E-state index is 0.260. The summed E-state index contributed by atoms with van der Waals surface area (Å²) >= 11 is 5.91. The first-order valence-electron chi connectivity index (χ1n) is 8.56. The molecule has 3 aromatic carbocycles. The third kappa shape index (κ3) is 5.02. The highest BCUT2D eigenvalue weighted by Crippen LogP contribution is 2.23. The Kier molecular flexibility index (Phi) is 5.99. The second-order valence-electron chi connectivity index (χ2n) is 6.21. The lowest BCUT2D eigenvalue weighted by atomic mass is 10.1. The van der Waals surface area contributed by atoms with E-state index in [-0.39, 0.29) is 5.56 Å². The van der Waals surface area contributed by atoms with Gasteiger partial charge in [0.15, 0.2) is 0 Å². The van der Waals surface area contributed by atoms with Gasteiger partial charge in [-0.1, -0.05) is 48.0 Å². The van der Waals surface area contributed by atoms with Gasteiger partial charge in [-0.15, -0.1) is 0 Å². The van der Waals surface area contributed by atoms with E-state index in [0.29, 0.717) is 18.2 Å². The second-order valence-corrected chi connectivity index (χ2v) is 6.65. The lowest BCUT2D eigenvalue weighted by Gasteiger charge is -2.14. The lowest BCUT2D eigenvalue weighted by molar-refractivity contribution is 0.0697. The van der Waals surface area contributed by atoms with Crippen molar-refractivity contribution >= 4 is 23.3 Å². The van der Waals surface area contributed by atoms with Crippen molar-refractivity contribution in [3.05, 3.63) is 94.0 Å². The average Bonchev–Trinajstić information content (AvgIpc) is 2.67. The predicted molar refractivity (Wildman–Crippen MR) is 108 cm³/mol. The third-order valence-corrected chi connectivity index (χ3v) is 4.49. The number of para-hydroxylation sites is 1. The molecule has 5 heteroatoms. The number of hydrogen-bond acceptors (Lipinski definition) is 3. The van der Waals surface area contributed by atoms with Gasteiger partial charge >= 0.3 is 5.97 Å². The molecule has 0 atom stereocenters. The fraction of sp³-hybridized carbons (Fsp3) is 0.136. The highest BCUT2D eigenvalue weighted by Gasteiger charge is 2.08. The number of carbonyl (C=O) groups is 1. The molecule has 0 saturated heterocycles. The molecule has 3 aromatic rings. The number of halogens is 1. The van der Waals surface area contributed by atoms with Gasteiger partial charge in [0.1, 0.15) is 12.4 Å². The fourth-order valence-corrected chi connectivity index (χ4v) is 2.79. The SMILES string of the molecule is Cc1ccc(C(=O)O)cc1NCc1ccccc1OCc1ccc(Cl)cc1. The molecule has 0 amide bonds. The summed E-state index contributed by atoms with van der Waals surface area (Å²) in [4.78, 5) is 11.2. The summed E-state index contributed by atoms with van der Waals surface area (Å²) in [6.07, 6.45) is 0. The number of aromatic carboxylic acids is 1. The molecule has 3 rings (SSSR count). The first kappa shape index (κ1) is 18.8. The van der Waals surface area contributed by atoms with Gasteiger partial charge in [0, 0.05) is 22.8 Å². The predicted octanol–water partition coefficient (Wildman–Crippen LogP) is 5.54. The molecule has 0 spiro atoms. The van der Waals surface area contributed by atoms with Crippen molar-refractivity contribution in [2.24, 2.45) is 0 Å². The van der Waals surface area contributed by atoms with Crippen LogP contribution in [0.15, 0.2) is 66.7 Å². The van der Waals surface area contributed by atoms with Crippen molar-refractivity contribution < 1.29 is 14.6 Å². The molecule has 138 valence electrons. The van der Waals surface area contributed by atoms with Crippen LogP contribution in [0, 0.1) is 6.92 Å². The summed E-state index contributed by atoms with van der Waals surface area (Å²) in [5.74, 6) is -0.156. The van der Waals surface area contributed by atoms with E-state index in [0.717, 1.165) is 28.1 Å². The number of ether oxygens (including phenoxy) is 1. The molecule has 0 aromatic heterocycles. The topological polar surface area (TPSA) is 58.6 Å². The van der Waals surface area contributed by atoms with Gasteiger partial charge in [-0.2, -0.15) is 0 Å². The van der Waals surface area contributed by atoms with E-state index in [1.165, 1.54) is 0 Å². The maximum Gasteiger partial charge on any atom is 0.335 e. The van der Waals surface area contributed by atoms with Gasteiger partial charge in [0.2, 0.25) is 0 Å². The zero-order valence-electron chi connectivity index (χ0n) is 14.9. The Morgan fingerprint density at radius 2 is 1.81 bits per heavy atom. The molecule has 0 heterocycles. The van der Waals surface area contributed by atoms with Crippen LogP contribution in [0.2, 0.25) is 5.02 Å². The Morgan fingerprint density at radius 3 is 2.56 bits per heavy atom. The fourth-order valence-electron chi connectivity index (χ4n) is 2.67. The molecule has 2 N–H and O–H groups in total. The summed E-state index contributed by atoms with van der Waals surface area (Å²) in [6, 6.07) is 20.4. The Labute approximate surface area is 163 Å². The normalized spacial score (nSPS) is 10.4. The van der Waals surface area contributed by atoms with Crippen LogP contribution in [0.25, 0.3) is 0 Å². The van der Waals surface area contributed by atoms with Crippen LogP contribution >= 0.6 is 11.6 Å². The number of carboxylic acids is 1. The van der Waals surface area contributed by atoms with Crippen molar-refractivity contribution in [2.75, 3.05) is 5.32 Å². The number of rotatable bonds is 7. The van der Waals surface area contributed by atoms with Crippen LogP contribution in [-0.2, 0) is 13.2 Å². The summed E-state index contributed by atoms with van der Waals surface area (Å²) in [6.45, 7) is 2.92. The van der Waals surface area contributed by atoms with E-state index < -0.39 is 5.97 Å². The van der Waals surface area contributed by atoms with Crippen molar-refractivity contribution in [3.63, 3.8) is 0 Å². The van der Waals surface area contributed by atoms with E-state index in [1.807, 2.05) is 55.5 Å². The Bertz CT molecular complexity index is 939. The highest BCUT2D eigenvalue weighted by molar-refractivity contribution is 6.30. The van der Waals surface area contributed by atoms with E-state index in [9.17, 15) is 4.79 Å². The quantitative estimate of drug-likeness (QED) is 0.564. The van der Waals surface area contributed by atoms with E-state index >= 15 is 0 Å². The standard InChI is InChI=1S/C22H20ClNO3/c1-15-6-9-17(22(25)26)12-20(15)24-13-18-4-2-3-5-21(18)27-14-16-7-10-19(23)11-8-16/h2-12,24H,13-14H2,1H3,(H,25,26). The lowest BCUT2D eigenvalue weighted by Crippen LogP contribution is -2.06. The van der Waals surface area contributed by atoms with Crippen molar-refractivity contribution in [1.82, 2.24) is 0 Å². The molecule has 0 fully saturated rings. The van der Waals surface area contributed by atoms with E-state index in [2.05, 4.69) is 5.32 Å². The molecule has 4 nitrogen and oxygen atoms in total. The number of nitrogens with one attached hydrogen (secondary N) is 1. The molecule has 0 aliphatic heterocycles. The minimum Gasteiger partial charge on any atom is -0.489 e. The summed E-state index contributed by atoms with van der Waals surface area (Å²) < 4.78 is 5.97. The number of benzene rings is 3. The van der Waals surface area contributed by atoms with Crippen molar-refractivity contribution in [3.8, 4) is 5.75 Å². The molecule has 0 radical (unpaired) electrons. The number of aryl methyl sites for hydroxylation is 1. The van der Waals surface area contributed by atoms with Crippen LogP contribution in [0.4, 0.5) is 5.69 Å². The van der Waals surface area contributed by atoms with Crippen LogP contribution in [0.1, 0.15) is 27.0 Å². The molecule has 27 heavy (non-hydrogen) atoms. The van der Waals surface area contributed by atoms with Gasteiger partial charge in [-0.25, -0.2) is 4.79 Å². The average molecular weight is 382 g/mol. The monoisotopic (exact) mass is 381 g/mol. The molecular formula is C22H20ClNO3. The number of anilines is 1. The molecule has 0 bridgehead atoms. The minimum atomic E-state index is -0.940. The smallest absolute Gasteiger partial charge is 0.335 e.